The lowest BCUT2D eigenvalue weighted by Crippen LogP contribution is -2.29. The van der Waals surface area contributed by atoms with Crippen LogP contribution in [0, 0.1) is 0 Å². The molecule has 0 spiro atoms. The van der Waals surface area contributed by atoms with Crippen LogP contribution in [0.15, 0.2) is 39.9 Å². The average molecular weight is 248 g/mol. The summed E-state index contributed by atoms with van der Waals surface area (Å²) in [5, 5.41) is 2.82. The Morgan fingerprint density at radius 1 is 1.50 bits per heavy atom. The fourth-order valence-corrected chi connectivity index (χ4v) is 1.88. The summed E-state index contributed by atoms with van der Waals surface area (Å²) in [7, 11) is 3.36. The molecule has 1 rings (SSSR count). The minimum Gasteiger partial charge on any atom is -0.383 e. The number of hydrogen-bond donors (Lipinski definition) is 1. The fourth-order valence-electron chi connectivity index (χ4n) is 1.88. The van der Waals surface area contributed by atoms with Gasteiger partial charge >= 0.3 is 0 Å². The molecule has 4 heteroatoms. The largest absolute Gasteiger partial charge is 0.383 e. The molecule has 1 aliphatic carbocycles. The molecule has 0 aromatic heterocycles. The van der Waals surface area contributed by atoms with E-state index >= 15 is 0 Å². The van der Waals surface area contributed by atoms with Gasteiger partial charge in [0.1, 0.15) is 0 Å². The van der Waals surface area contributed by atoms with Crippen LogP contribution in [-0.2, 0) is 9.53 Å². The van der Waals surface area contributed by atoms with Crippen LogP contribution >= 0.6 is 0 Å². The molecule has 0 saturated heterocycles. The number of methoxy groups -OCH3 is 1. The highest BCUT2D eigenvalue weighted by Crippen LogP contribution is 2.22. The summed E-state index contributed by atoms with van der Waals surface area (Å²) in [6.07, 6.45) is 5.66. The highest BCUT2D eigenvalue weighted by Gasteiger charge is 2.18. The third-order valence-corrected chi connectivity index (χ3v) is 2.86. The summed E-state index contributed by atoms with van der Waals surface area (Å²) in [6.45, 7) is 4.92. The topological polar surface area (TPSA) is 50.7 Å². The van der Waals surface area contributed by atoms with Gasteiger partial charge in [-0.2, -0.15) is 0 Å². The van der Waals surface area contributed by atoms with Gasteiger partial charge in [0, 0.05) is 26.3 Å². The van der Waals surface area contributed by atoms with Crippen molar-refractivity contribution in [2.75, 3.05) is 27.3 Å². The second-order valence-electron chi connectivity index (χ2n) is 3.93. The van der Waals surface area contributed by atoms with Crippen molar-refractivity contribution in [1.29, 1.82) is 0 Å². The first-order valence-electron chi connectivity index (χ1n) is 5.95. The van der Waals surface area contributed by atoms with E-state index in [1.807, 2.05) is 32.1 Å². The Bertz CT molecular complexity index is 443. The maximum Gasteiger partial charge on any atom is 0.251 e. The number of hydrogen-bond acceptors (Lipinski definition) is 3. The number of ether oxygens (including phenoxy) is 1. The van der Waals surface area contributed by atoms with Crippen molar-refractivity contribution >= 4 is 11.6 Å². The molecule has 0 heterocycles. The summed E-state index contributed by atoms with van der Waals surface area (Å²) in [4.78, 5) is 16.2. The van der Waals surface area contributed by atoms with Gasteiger partial charge in [-0.05, 0) is 37.1 Å². The zero-order valence-corrected chi connectivity index (χ0v) is 11.4. The molecule has 4 nitrogen and oxygen atoms in total. The second-order valence-corrected chi connectivity index (χ2v) is 3.93. The van der Waals surface area contributed by atoms with E-state index in [0.29, 0.717) is 18.7 Å². The molecule has 0 atom stereocenters. The smallest absolute Gasteiger partial charge is 0.251 e. The summed E-state index contributed by atoms with van der Waals surface area (Å²) >= 11 is 0. The number of carbonyl (C=O) groups excluding carboxylic acids is 1. The Balaban J connectivity index is 2.89. The van der Waals surface area contributed by atoms with Crippen LogP contribution in [0.5, 0.6) is 0 Å². The standard InChI is InChI=1S/C14H20N2O2/c1-5-11-10(2)12(6-7-13(11)15-3)14(17)16-8-9-18-4/h5-7H,8-9H2,1-4H3,(H,16,17)/b11-5-,15-13?. The third-order valence-electron chi connectivity index (χ3n) is 2.86. The number of allylic oxidation sites excluding steroid dienone is 4. The van der Waals surface area contributed by atoms with Gasteiger partial charge in [0.2, 0.25) is 0 Å². The number of nitrogens with one attached hydrogen (secondary N) is 1. The first-order chi connectivity index (χ1) is 8.65. The quantitative estimate of drug-likeness (QED) is 0.769. The third kappa shape index (κ3) is 3.17. The zero-order chi connectivity index (χ0) is 13.5. The van der Waals surface area contributed by atoms with Gasteiger partial charge in [-0.15, -0.1) is 0 Å². The van der Waals surface area contributed by atoms with E-state index in [0.717, 1.165) is 16.9 Å². The van der Waals surface area contributed by atoms with Crippen LogP contribution in [0.4, 0.5) is 0 Å². The summed E-state index contributed by atoms with van der Waals surface area (Å²) in [5.74, 6) is -0.0738. The van der Waals surface area contributed by atoms with Crippen LogP contribution in [0.1, 0.15) is 13.8 Å². The van der Waals surface area contributed by atoms with E-state index < -0.39 is 0 Å². The number of amides is 1. The van der Waals surface area contributed by atoms with Crippen molar-refractivity contribution in [3.8, 4) is 0 Å². The molecule has 0 aromatic rings. The molecule has 18 heavy (non-hydrogen) atoms. The van der Waals surface area contributed by atoms with Gasteiger partial charge < -0.3 is 10.1 Å². The maximum absolute atomic E-state index is 12.0. The number of aliphatic imine (C=N–C) groups is 1. The van der Waals surface area contributed by atoms with Crippen molar-refractivity contribution in [3.63, 3.8) is 0 Å². The number of nitrogens with zero attached hydrogens (tertiary/aromatic N) is 1. The molecule has 0 aliphatic heterocycles. The van der Waals surface area contributed by atoms with Crippen molar-refractivity contribution < 1.29 is 9.53 Å². The Kier molecular flexibility index (Phi) is 5.52. The summed E-state index contributed by atoms with van der Waals surface area (Å²) in [6, 6.07) is 0. The first-order valence-corrected chi connectivity index (χ1v) is 5.95. The van der Waals surface area contributed by atoms with E-state index in [-0.39, 0.29) is 5.91 Å². The van der Waals surface area contributed by atoms with Gasteiger partial charge in [-0.1, -0.05) is 6.08 Å². The minimum atomic E-state index is -0.0738. The predicted octanol–water partition coefficient (Wildman–Crippen LogP) is 1.65. The SMILES string of the molecule is C/C=C1\C(=NC)C=CC(C(=O)NCCOC)=C1C. The van der Waals surface area contributed by atoms with Gasteiger partial charge in [0.05, 0.1) is 12.3 Å². The second kappa shape index (κ2) is 6.91. The van der Waals surface area contributed by atoms with E-state index in [4.69, 9.17) is 4.74 Å². The Morgan fingerprint density at radius 2 is 2.22 bits per heavy atom. The van der Waals surface area contributed by atoms with Gasteiger partial charge in [0.25, 0.3) is 5.91 Å². The van der Waals surface area contributed by atoms with Crippen LogP contribution in [0.2, 0.25) is 0 Å². The van der Waals surface area contributed by atoms with Crippen LogP contribution in [-0.4, -0.2) is 38.9 Å². The summed E-state index contributed by atoms with van der Waals surface area (Å²) in [5.41, 5.74) is 3.56. The highest BCUT2D eigenvalue weighted by atomic mass is 16.5. The van der Waals surface area contributed by atoms with Crippen molar-refractivity contribution in [2.45, 2.75) is 13.8 Å². The lowest BCUT2D eigenvalue weighted by Gasteiger charge is -2.17. The fraction of sp³-hybridized carbons (Fsp3) is 0.429. The molecule has 0 saturated carbocycles. The molecule has 1 amide bonds. The number of rotatable bonds is 4. The maximum atomic E-state index is 12.0. The van der Waals surface area contributed by atoms with Gasteiger partial charge in [-0.25, -0.2) is 0 Å². The van der Waals surface area contributed by atoms with Crippen molar-refractivity contribution in [3.05, 3.63) is 34.9 Å². The molecule has 0 radical (unpaired) electrons. The van der Waals surface area contributed by atoms with Crippen molar-refractivity contribution in [1.82, 2.24) is 5.32 Å². The Labute approximate surface area is 108 Å². The lowest BCUT2D eigenvalue weighted by molar-refractivity contribution is -0.117. The molecular weight excluding hydrogens is 228 g/mol. The predicted molar refractivity (Wildman–Crippen MR) is 73.8 cm³/mol. The molecular formula is C14H20N2O2. The highest BCUT2D eigenvalue weighted by molar-refractivity contribution is 6.16. The monoisotopic (exact) mass is 248 g/mol. The van der Waals surface area contributed by atoms with E-state index in [9.17, 15) is 4.79 Å². The first kappa shape index (κ1) is 14.4. The normalized spacial score (nSPS) is 19.8. The van der Waals surface area contributed by atoms with E-state index in [1.165, 1.54) is 0 Å². The summed E-state index contributed by atoms with van der Waals surface area (Å²) < 4.78 is 4.90. The van der Waals surface area contributed by atoms with Crippen LogP contribution in [0.3, 0.4) is 0 Å². The molecule has 0 bridgehead atoms. The Morgan fingerprint density at radius 3 is 2.78 bits per heavy atom. The molecule has 98 valence electrons. The molecule has 0 aromatic carbocycles. The molecule has 1 N–H and O–H groups in total. The molecule has 1 aliphatic rings. The molecule has 0 fully saturated rings. The van der Waals surface area contributed by atoms with Crippen LogP contribution in [0.25, 0.3) is 0 Å². The average Bonchev–Trinajstić information content (AvgIpc) is 2.38. The van der Waals surface area contributed by atoms with Gasteiger partial charge in [-0.3, -0.25) is 9.79 Å². The minimum absolute atomic E-state index is 0.0738. The van der Waals surface area contributed by atoms with Crippen molar-refractivity contribution in [2.24, 2.45) is 4.99 Å². The lowest BCUT2D eigenvalue weighted by atomic mass is 9.91. The van der Waals surface area contributed by atoms with Gasteiger partial charge in [0.15, 0.2) is 0 Å². The number of carbonyl (C=O) groups is 1. The Hall–Kier alpha value is -1.68. The van der Waals surface area contributed by atoms with Crippen LogP contribution < -0.4 is 5.32 Å². The zero-order valence-electron chi connectivity index (χ0n) is 11.4. The van der Waals surface area contributed by atoms with E-state index in [2.05, 4.69) is 10.3 Å². The molecule has 0 unspecified atom stereocenters. The van der Waals surface area contributed by atoms with E-state index in [1.54, 1.807) is 14.2 Å².